The number of amides is 3. The molecular formula is C20H18N4O3. The molecule has 1 aromatic heterocycles. The van der Waals surface area contributed by atoms with E-state index in [1.807, 2.05) is 42.5 Å². The summed E-state index contributed by atoms with van der Waals surface area (Å²) in [5, 5.41) is 4.60. The lowest BCUT2D eigenvalue weighted by molar-refractivity contribution is -0.126. The Hall–Kier alpha value is -3.74. The maximum atomic E-state index is 12.1. The minimum atomic E-state index is -0.537. The molecule has 0 bridgehead atoms. The highest BCUT2D eigenvalue weighted by molar-refractivity contribution is 5.94. The van der Waals surface area contributed by atoms with Gasteiger partial charge in [-0.2, -0.15) is 0 Å². The highest BCUT2D eigenvalue weighted by atomic mass is 16.2. The molecule has 1 heterocycles. The van der Waals surface area contributed by atoms with E-state index in [0.29, 0.717) is 0 Å². The second-order valence-electron chi connectivity index (χ2n) is 5.81. The first-order valence-electron chi connectivity index (χ1n) is 8.37. The van der Waals surface area contributed by atoms with Crippen LogP contribution in [0.15, 0.2) is 66.9 Å². The highest BCUT2D eigenvalue weighted by Crippen LogP contribution is 2.18. The lowest BCUT2D eigenvalue weighted by Crippen LogP contribution is -2.46. The number of rotatable bonds is 5. The first-order valence-corrected chi connectivity index (χ1v) is 8.37. The molecule has 0 aliphatic heterocycles. The van der Waals surface area contributed by atoms with Gasteiger partial charge in [-0.05, 0) is 28.5 Å². The quantitative estimate of drug-likeness (QED) is 0.597. The van der Waals surface area contributed by atoms with Crippen LogP contribution in [-0.2, 0) is 16.0 Å². The third-order valence-corrected chi connectivity index (χ3v) is 3.89. The summed E-state index contributed by atoms with van der Waals surface area (Å²) in [4.78, 5) is 39.6. The Kier molecular flexibility index (Phi) is 5.73. The molecule has 7 heteroatoms. The van der Waals surface area contributed by atoms with Gasteiger partial charge in [0.1, 0.15) is 5.69 Å². The number of aromatic nitrogens is 1. The van der Waals surface area contributed by atoms with Crippen molar-refractivity contribution in [3.05, 3.63) is 78.1 Å². The van der Waals surface area contributed by atoms with Crippen LogP contribution in [0.5, 0.6) is 0 Å². The van der Waals surface area contributed by atoms with Crippen molar-refractivity contribution in [1.29, 1.82) is 0 Å². The van der Waals surface area contributed by atoms with E-state index in [1.165, 1.54) is 12.3 Å². The van der Waals surface area contributed by atoms with E-state index in [2.05, 4.69) is 21.2 Å². The van der Waals surface area contributed by atoms with Crippen molar-refractivity contribution in [3.8, 4) is 0 Å². The van der Waals surface area contributed by atoms with Crippen LogP contribution >= 0.6 is 0 Å². The molecule has 0 saturated carbocycles. The lowest BCUT2D eigenvalue weighted by atomic mass is 10.0. The van der Waals surface area contributed by atoms with E-state index in [-0.39, 0.29) is 24.6 Å². The van der Waals surface area contributed by atoms with Crippen molar-refractivity contribution in [1.82, 2.24) is 21.2 Å². The van der Waals surface area contributed by atoms with Crippen LogP contribution in [0, 0.1) is 0 Å². The monoisotopic (exact) mass is 362 g/mol. The van der Waals surface area contributed by atoms with E-state index >= 15 is 0 Å². The van der Waals surface area contributed by atoms with Gasteiger partial charge in [0, 0.05) is 6.20 Å². The van der Waals surface area contributed by atoms with E-state index in [9.17, 15) is 14.4 Å². The molecule has 0 unspecified atom stereocenters. The molecule has 3 N–H and O–H groups in total. The fraction of sp³-hybridized carbons (Fsp3) is 0.100. The highest BCUT2D eigenvalue weighted by Gasteiger charge is 2.10. The summed E-state index contributed by atoms with van der Waals surface area (Å²) >= 11 is 0. The van der Waals surface area contributed by atoms with Gasteiger partial charge in [0.15, 0.2) is 0 Å². The van der Waals surface area contributed by atoms with Crippen LogP contribution in [0.2, 0.25) is 0 Å². The average Bonchev–Trinajstić information content (AvgIpc) is 2.71. The van der Waals surface area contributed by atoms with Crippen LogP contribution in [0.25, 0.3) is 10.8 Å². The minimum Gasteiger partial charge on any atom is -0.347 e. The molecule has 136 valence electrons. The number of carbonyl (C=O) groups is 3. The number of carbonyl (C=O) groups excluding carboxylic acids is 3. The maximum absolute atomic E-state index is 12.1. The molecule has 3 rings (SSSR count). The summed E-state index contributed by atoms with van der Waals surface area (Å²) in [6.45, 7) is -0.244. The van der Waals surface area contributed by atoms with E-state index < -0.39 is 11.8 Å². The fourth-order valence-electron chi connectivity index (χ4n) is 2.59. The smallest absolute Gasteiger partial charge is 0.288 e. The van der Waals surface area contributed by atoms with Gasteiger partial charge < -0.3 is 5.32 Å². The average molecular weight is 362 g/mol. The fourth-order valence-corrected chi connectivity index (χ4v) is 2.59. The standard InChI is InChI=1S/C20H18N4O3/c25-18(12-15-8-5-7-14-6-1-2-9-16(14)15)22-13-19(26)23-24-20(27)17-10-3-4-11-21-17/h1-11H,12-13H2,(H,22,25)(H,23,26)(H,24,27). The second kappa shape index (κ2) is 8.57. The first kappa shape index (κ1) is 18.1. The number of benzene rings is 2. The largest absolute Gasteiger partial charge is 0.347 e. The summed E-state index contributed by atoms with van der Waals surface area (Å²) in [5.41, 5.74) is 5.54. The Morgan fingerprint density at radius 2 is 1.59 bits per heavy atom. The van der Waals surface area contributed by atoms with Crippen LogP contribution < -0.4 is 16.2 Å². The molecule has 0 saturated heterocycles. The van der Waals surface area contributed by atoms with Crippen molar-refractivity contribution < 1.29 is 14.4 Å². The number of hydrogen-bond acceptors (Lipinski definition) is 4. The summed E-state index contributed by atoms with van der Waals surface area (Å²) in [7, 11) is 0. The van der Waals surface area contributed by atoms with Gasteiger partial charge in [0.25, 0.3) is 11.8 Å². The Labute approximate surface area is 155 Å². The Bertz CT molecular complexity index is 968. The van der Waals surface area contributed by atoms with Gasteiger partial charge in [-0.1, -0.05) is 48.5 Å². The van der Waals surface area contributed by atoms with Crippen LogP contribution in [-0.4, -0.2) is 29.3 Å². The Morgan fingerprint density at radius 1 is 0.815 bits per heavy atom. The summed E-state index contributed by atoms with van der Waals surface area (Å²) < 4.78 is 0. The molecule has 27 heavy (non-hydrogen) atoms. The second-order valence-corrected chi connectivity index (χ2v) is 5.81. The molecule has 0 fully saturated rings. The number of nitrogens with one attached hydrogen (secondary N) is 3. The summed E-state index contributed by atoms with van der Waals surface area (Å²) in [6, 6.07) is 18.4. The molecule has 2 aromatic carbocycles. The molecule has 0 aliphatic rings. The molecule has 0 atom stereocenters. The van der Waals surface area contributed by atoms with Crippen LogP contribution in [0.1, 0.15) is 16.1 Å². The number of nitrogens with zero attached hydrogens (tertiary/aromatic N) is 1. The van der Waals surface area contributed by atoms with Gasteiger partial charge in [0.2, 0.25) is 5.91 Å². The zero-order valence-corrected chi connectivity index (χ0v) is 14.4. The van der Waals surface area contributed by atoms with E-state index in [0.717, 1.165) is 16.3 Å². The van der Waals surface area contributed by atoms with E-state index in [1.54, 1.807) is 12.1 Å². The zero-order chi connectivity index (χ0) is 19.1. The lowest BCUT2D eigenvalue weighted by Gasteiger charge is -2.09. The summed E-state index contributed by atoms with van der Waals surface area (Å²) in [5.74, 6) is -1.35. The van der Waals surface area contributed by atoms with Gasteiger partial charge in [-0.15, -0.1) is 0 Å². The number of hydrogen-bond donors (Lipinski definition) is 3. The van der Waals surface area contributed by atoms with Crippen molar-refractivity contribution in [2.24, 2.45) is 0 Å². The predicted molar refractivity (Wildman–Crippen MR) is 101 cm³/mol. The van der Waals surface area contributed by atoms with Crippen LogP contribution in [0.3, 0.4) is 0 Å². The first-order chi connectivity index (χ1) is 13.1. The van der Waals surface area contributed by atoms with Gasteiger partial charge >= 0.3 is 0 Å². The summed E-state index contributed by atoms with van der Waals surface area (Å²) in [6.07, 6.45) is 1.64. The SMILES string of the molecule is O=C(Cc1cccc2ccccc12)NCC(=O)NNC(=O)c1ccccn1. The van der Waals surface area contributed by atoms with Gasteiger partial charge in [-0.25, -0.2) is 0 Å². The molecular weight excluding hydrogens is 344 g/mol. The van der Waals surface area contributed by atoms with Crippen molar-refractivity contribution in [3.63, 3.8) is 0 Å². The molecule has 7 nitrogen and oxygen atoms in total. The Balaban J connectivity index is 1.47. The zero-order valence-electron chi connectivity index (χ0n) is 14.4. The van der Waals surface area contributed by atoms with Crippen LogP contribution in [0.4, 0.5) is 0 Å². The topological polar surface area (TPSA) is 100 Å². The molecule has 0 spiro atoms. The maximum Gasteiger partial charge on any atom is 0.288 e. The third-order valence-electron chi connectivity index (χ3n) is 3.89. The number of pyridine rings is 1. The number of hydrazine groups is 1. The minimum absolute atomic E-state index is 0.162. The van der Waals surface area contributed by atoms with Gasteiger partial charge in [-0.3, -0.25) is 30.2 Å². The van der Waals surface area contributed by atoms with Gasteiger partial charge in [0.05, 0.1) is 13.0 Å². The normalized spacial score (nSPS) is 10.2. The molecule has 0 radical (unpaired) electrons. The molecule has 0 aliphatic carbocycles. The van der Waals surface area contributed by atoms with Crippen molar-refractivity contribution in [2.75, 3.05) is 6.54 Å². The molecule has 3 aromatic rings. The Morgan fingerprint density at radius 3 is 2.41 bits per heavy atom. The third kappa shape index (κ3) is 4.88. The van der Waals surface area contributed by atoms with Crippen molar-refractivity contribution >= 4 is 28.5 Å². The van der Waals surface area contributed by atoms with Crippen molar-refractivity contribution in [2.45, 2.75) is 6.42 Å². The molecule has 3 amide bonds. The number of fused-ring (bicyclic) bond motifs is 1. The predicted octanol–water partition coefficient (Wildman–Crippen LogP) is 1.35. The van der Waals surface area contributed by atoms with E-state index in [4.69, 9.17) is 0 Å².